The number of rotatable bonds is 6. The number of carbonyl (C=O) groups is 1. The molecule has 9 nitrogen and oxygen atoms in total. The van der Waals surface area contributed by atoms with E-state index < -0.39 is 5.60 Å². The van der Waals surface area contributed by atoms with Crippen molar-refractivity contribution < 1.29 is 9.53 Å². The van der Waals surface area contributed by atoms with Crippen LogP contribution in [0.2, 0.25) is 0 Å². The molecule has 1 saturated heterocycles. The van der Waals surface area contributed by atoms with E-state index in [1.807, 2.05) is 74.9 Å². The number of hydrogen-bond donors (Lipinski definition) is 0. The van der Waals surface area contributed by atoms with Gasteiger partial charge >= 0.3 is 11.7 Å². The van der Waals surface area contributed by atoms with E-state index in [2.05, 4.69) is 39.1 Å². The Kier molecular flexibility index (Phi) is 6.83. The average molecular weight is 551 g/mol. The predicted molar refractivity (Wildman–Crippen MR) is 158 cm³/mol. The van der Waals surface area contributed by atoms with Crippen molar-refractivity contribution >= 4 is 17.1 Å². The number of fused-ring (bicyclic) bond motifs is 1. The Bertz CT molecular complexity index is 1780. The van der Waals surface area contributed by atoms with Gasteiger partial charge in [-0.15, -0.1) is 0 Å². The number of aromatic nitrogens is 5. The van der Waals surface area contributed by atoms with Crippen LogP contribution in [0.3, 0.4) is 0 Å². The molecule has 0 saturated carbocycles. The van der Waals surface area contributed by atoms with Gasteiger partial charge in [-0.05, 0) is 62.6 Å². The Morgan fingerprint density at radius 3 is 2.56 bits per heavy atom. The SMILES string of the molecule is Cn1c(C(=O)OC(C)(C)C)cnc1CN1CCC(n2c(=O)n(-c3cccc(-c4ccccc4)c3)c3cccnc32)C1. The predicted octanol–water partition coefficient (Wildman–Crippen LogP) is 4.99. The Balaban J connectivity index is 1.28. The van der Waals surface area contributed by atoms with Crippen LogP contribution >= 0.6 is 0 Å². The zero-order valence-electron chi connectivity index (χ0n) is 23.8. The van der Waals surface area contributed by atoms with Crippen LogP contribution in [0.1, 0.15) is 49.5 Å². The lowest BCUT2D eigenvalue weighted by Gasteiger charge is -2.20. The Morgan fingerprint density at radius 1 is 1.00 bits per heavy atom. The number of nitrogens with zero attached hydrogens (tertiary/aromatic N) is 6. The second-order valence-corrected chi connectivity index (χ2v) is 11.5. The highest BCUT2D eigenvalue weighted by Crippen LogP contribution is 2.28. The van der Waals surface area contributed by atoms with Crippen molar-refractivity contribution in [3.05, 3.63) is 101 Å². The summed E-state index contributed by atoms with van der Waals surface area (Å²) in [4.78, 5) is 38.1. The van der Waals surface area contributed by atoms with Gasteiger partial charge in [0.15, 0.2) is 5.65 Å². The molecule has 6 rings (SSSR count). The third kappa shape index (κ3) is 5.20. The standard InChI is InChI=1S/C32H34N6O3/c1-32(2,3)41-30(39)27-19-34-28(35(27)4)21-36-17-15-25(20-36)38-29-26(14-9-16-33-29)37(31(38)40)24-13-8-12-23(18-24)22-10-6-5-7-11-22/h5-14,16,18-19,25H,15,17,20-21H2,1-4H3. The molecule has 4 heterocycles. The number of carbonyl (C=O) groups excluding carboxylic acids is 1. The second kappa shape index (κ2) is 10.5. The summed E-state index contributed by atoms with van der Waals surface area (Å²) in [6.45, 7) is 7.58. The molecular formula is C32H34N6O3. The lowest BCUT2D eigenvalue weighted by Crippen LogP contribution is -2.29. The van der Waals surface area contributed by atoms with Crippen molar-refractivity contribution in [1.29, 1.82) is 0 Å². The molecule has 1 fully saturated rings. The van der Waals surface area contributed by atoms with Crippen molar-refractivity contribution in [1.82, 2.24) is 28.6 Å². The van der Waals surface area contributed by atoms with Crippen molar-refractivity contribution in [2.75, 3.05) is 13.1 Å². The molecule has 3 aromatic heterocycles. The maximum atomic E-state index is 14.0. The normalized spacial score (nSPS) is 16.0. The first kappa shape index (κ1) is 26.7. The molecule has 210 valence electrons. The fourth-order valence-corrected chi connectivity index (χ4v) is 5.57. The molecule has 5 aromatic rings. The van der Waals surface area contributed by atoms with E-state index in [-0.39, 0.29) is 17.7 Å². The number of esters is 1. The summed E-state index contributed by atoms with van der Waals surface area (Å²) < 4.78 is 10.9. The molecule has 0 bridgehead atoms. The molecule has 1 aliphatic rings. The van der Waals surface area contributed by atoms with Crippen molar-refractivity contribution in [3.63, 3.8) is 0 Å². The van der Waals surface area contributed by atoms with Crippen molar-refractivity contribution in [2.24, 2.45) is 7.05 Å². The molecule has 0 radical (unpaired) electrons. The zero-order valence-corrected chi connectivity index (χ0v) is 23.8. The number of hydrogen-bond acceptors (Lipinski definition) is 6. The summed E-state index contributed by atoms with van der Waals surface area (Å²) in [5.41, 5.74) is 4.17. The maximum Gasteiger partial charge on any atom is 0.357 e. The van der Waals surface area contributed by atoms with E-state index in [0.717, 1.165) is 41.1 Å². The minimum Gasteiger partial charge on any atom is -0.455 e. The minimum atomic E-state index is -0.576. The first-order valence-electron chi connectivity index (χ1n) is 13.9. The molecule has 0 amide bonds. The fourth-order valence-electron chi connectivity index (χ4n) is 5.57. The van der Waals surface area contributed by atoms with Gasteiger partial charge in [0.2, 0.25) is 0 Å². The number of likely N-dealkylation sites (tertiary alicyclic amines) is 1. The van der Waals surface area contributed by atoms with E-state index in [1.54, 1.807) is 21.5 Å². The highest BCUT2D eigenvalue weighted by molar-refractivity contribution is 5.87. The van der Waals surface area contributed by atoms with Crippen molar-refractivity contribution in [3.8, 4) is 16.8 Å². The van der Waals surface area contributed by atoms with Crippen LogP contribution in [0.25, 0.3) is 28.0 Å². The molecule has 1 atom stereocenters. The topological polar surface area (TPSA) is 87.2 Å². The smallest absolute Gasteiger partial charge is 0.357 e. The van der Waals surface area contributed by atoms with Gasteiger partial charge in [0.1, 0.15) is 17.1 Å². The lowest BCUT2D eigenvalue weighted by atomic mass is 10.1. The van der Waals surface area contributed by atoms with E-state index in [4.69, 9.17) is 4.74 Å². The summed E-state index contributed by atoms with van der Waals surface area (Å²) in [6.07, 6.45) is 4.12. The van der Waals surface area contributed by atoms with Crippen LogP contribution in [0, 0.1) is 0 Å². The Hall–Kier alpha value is -4.50. The van der Waals surface area contributed by atoms with Gasteiger partial charge < -0.3 is 9.30 Å². The van der Waals surface area contributed by atoms with Crippen molar-refractivity contribution in [2.45, 2.75) is 45.4 Å². The Labute approximate surface area is 238 Å². The third-order valence-corrected chi connectivity index (χ3v) is 7.51. The highest BCUT2D eigenvalue weighted by Gasteiger charge is 2.30. The molecule has 0 aliphatic carbocycles. The lowest BCUT2D eigenvalue weighted by molar-refractivity contribution is 0.00584. The van der Waals surface area contributed by atoms with Gasteiger partial charge in [-0.3, -0.25) is 14.0 Å². The van der Waals surface area contributed by atoms with Crippen LogP contribution in [-0.4, -0.2) is 53.2 Å². The van der Waals surface area contributed by atoms with E-state index >= 15 is 0 Å². The first-order chi connectivity index (χ1) is 19.7. The van der Waals surface area contributed by atoms with Crippen LogP contribution in [0.5, 0.6) is 0 Å². The summed E-state index contributed by atoms with van der Waals surface area (Å²) in [6, 6.07) is 22.0. The quantitative estimate of drug-likeness (QED) is 0.277. The highest BCUT2D eigenvalue weighted by atomic mass is 16.6. The molecule has 0 spiro atoms. The molecular weight excluding hydrogens is 516 g/mol. The van der Waals surface area contributed by atoms with Crippen LogP contribution < -0.4 is 5.69 Å². The third-order valence-electron chi connectivity index (χ3n) is 7.51. The number of ether oxygens (including phenoxy) is 1. The Morgan fingerprint density at radius 2 is 1.78 bits per heavy atom. The van der Waals surface area contributed by atoms with Gasteiger partial charge in [-0.2, -0.15) is 0 Å². The zero-order chi connectivity index (χ0) is 28.7. The molecule has 0 N–H and O–H groups in total. The maximum absolute atomic E-state index is 14.0. The summed E-state index contributed by atoms with van der Waals surface area (Å²) >= 11 is 0. The molecule has 1 aliphatic heterocycles. The van der Waals surface area contributed by atoms with E-state index in [1.165, 1.54) is 0 Å². The van der Waals surface area contributed by atoms with Gasteiger partial charge in [-0.25, -0.2) is 19.6 Å². The van der Waals surface area contributed by atoms with Crippen LogP contribution in [0.15, 0.2) is 83.9 Å². The minimum absolute atomic E-state index is 0.0379. The van der Waals surface area contributed by atoms with E-state index in [0.29, 0.717) is 24.4 Å². The van der Waals surface area contributed by atoms with E-state index in [9.17, 15) is 9.59 Å². The molecule has 41 heavy (non-hydrogen) atoms. The monoisotopic (exact) mass is 550 g/mol. The second-order valence-electron chi connectivity index (χ2n) is 11.5. The van der Waals surface area contributed by atoms with Gasteiger partial charge in [-0.1, -0.05) is 42.5 Å². The van der Waals surface area contributed by atoms with Gasteiger partial charge in [0.05, 0.1) is 30.0 Å². The first-order valence-corrected chi connectivity index (χ1v) is 13.9. The summed E-state index contributed by atoms with van der Waals surface area (Å²) in [5, 5.41) is 0. The molecule has 1 unspecified atom stereocenters. The number of imidazole rings is 2. The average Bonchev–Trinajstić information content (AvgIpc) is 3.64. The fraction of sp³-hybridized carbons (Fsp3) is 0.312. The van der Waals surface area contributed by atoms with Gasteiger partial charge in [0.25, 0.3) is 0 Å². The molecule has 9 heteroatoms. The number of benzene rings is 2. The van der Waals surface area contributed by atoms with Crippen LogP contribution in [-0.2, 0) is 18.3 Å². The van der Waals surface area contributed by atoms with Gasteiger partial charge in [0, 0.05) is 26.3 Å². The van der Waals surface area contributed by atoms with Crippen LogP contribution in [0.4, 0.5) is 0 Å². The molecule has 2 aromatic carbocycles. The number of pyridine rings is 1. The summed E-state index contributed by atoms with van der Waals surface area (Å²) in [5.74, 6) is 0.386. The largest absolute Gasteiger partial charge is 0.455 e. The summed E-state index contributed by atoms with van der Waals surface area (Å²) in [7, 11) is 1.83.